The number of nitrogens with two attached hydrogens (primary N) is 2. The molecule has 0 aliphatic carbocycles. The molecule has 14 heavy (non-hydrogen) atoms. The molecule has 74 valence electrons. The van der Waals surface area contributed by atoms with Crippen LogP contribution >= 0.6 is 11.6 Å². The van der Waals surface area contributed by atoms with Crippen molar-refractivity contribution in [3.63, 3.8) is 0 Å². The van der Waals surface area contributed by atoms with Gasteiger partial charge in [-0.3, -0.25) is 0 Å². The Hall–Kier alpha value is -1.03. The van der Waals surface area contributed by atoms with Gasteiger partial charge in [0, 0.05) is 29.1 Å². The summed E-state index contributed by atoms with van der Waals surface area (Å²) in [6.07, 6.45) is 0. The molecule has 0 aliphatic heterocycles. The monoisotopic (exact) mass is 209 g/mol. The Morgan fingerprint density at radius 3 is 2.79 bits per heavy atom. The van der Waals surface area contributed by atoms with Crippen molar-refractivity contribution in [1.82, 2.24) is 4.98 Å². The lowest BCUT2D eigenvalue weighted by Gasteiger charge is -2.07. The molecule has 0 unspecified atom stereocenters. The molecule has 0 spiro atoms. The number of aromatic amines is 1. The summed E-state index contributed by atoms with van der Waals surface area (Å²) in [4.78, 5) is 3.07. The van der Waals surface area contributed by atoms with E-state index >= 15 is 0 Å². The molecule has 2 rings (SSSR count). The summed E-state index contributed by atoms with van der Waals surface area (Å²) in [7, 11) is 0. The van der Waals surface area contributed by atoms with E-state index < -0.39 is 0 Å². The fraction of sp³-hybridized carbons (Fsp3) is 0.200. The number of rotatable bonds is 2. The number of halogens is 1. The molecular weight excluding hydrogens is 198 g/mol. The Balaban J connectivity index is 2.67. The molecule has 1 heterocycles. The quantitative estimate of drug-likeness (QED) is 0.706. The van der Waals surface area contributed by atoms with Gasteiger partial charge in [-0.05, 0) is 6.07 Å². The highest BCUT2D eigenvalue weighted by molar-refractivity contribution is 6.31. The Bertz CT molecular complexity index is 450. The summed E-state index contributed by atoms with van der Waals surface area (Å²) in [6, 6.07) is 7.65. The second-order valence-electron chi connectivity index (χ2n) is 3.24. The fourth-order valence-electron chi connectivity index (χ4n) is 1.61. The minimum absolute atomic E-state index is 0.210. The summed E-state index contributed by atoms with van der Waals surface area (Å²) >= 11 is 6.05. The number of fused-ring (bicyclic) bond motifs is 1. The van der Waals surface area contributed by atoms with Gasteiger partial charge in [-0.15, -0.1) is 0 Å². The zero-order valence-electron chi connectivity index (χ0n) is 7.63. The summed E-state index contributed by atoms with van der Waals surface area (Å²) in [5.41, 5.74) is 13.3. The molecule has 1 aromatic heterocycles. The lowest BCUT2D eigenvalue weighted by atomic mass is 10.1. The molecule has 5 N–H and O–H groups in total. The van der Waals surface area contributed by atoms with E-state index in [1.165, 1.54) is 0 Å². The van der Waals surface area contributed by atoms with Gasteiger partial charge in [-0.2, -0.15) is 0 Å². The van der Waals surface area contributed by atoms with Gasteiger partial charge in [0.05, 0.1) is 0 Å². The molecule has 0 saturated carbocycles. The van der Waals surface area contributed by atoms with Gasteiger partial charge in [-0.1, -0.05) is 29.8 Å². The number of hydrogen-bond donors (Lipinski definition) is 3. The van der Waals surface area contributed by atoms with E-state index in [4.69, 9.17) is 23.1 Å². The van der Waals surface area contributed by atoms with Crippen molar-refractivity contribution in [3.8, 4) is 0 Å². The summed E-state index contributed by atoms with van der Waals surface area (Å²) in [5.74, 6) is 0. The Morgan fingerprint density at radius 2 is 2.07 bits per heavy atom. The molecule has 2 aromatic rings. The van der Waals surface area contributed by atoms with Crippen molar-refractivity contribution in [1.29, 1.82) is 0 Å². The summed E-state index contributed by atoms with van der Waals surface area (Å²) < 4.78 is 0. The van der Waals surface area contributed by atoms with E-state index in [9.17, 15) is 0 Å². The number of para-hydroxylation sites is 1. The van der Waals surface area contributed by atoms with Crippen molar-refractivity contribution in [3.05, 3.63) is 35.0 Å². The van der Waals surface area contributed by atoms with Gasteiger partial charge >= 0.3 is 0 Å². The standard InChI is InChI=1S/C10H12ClN3/c11-10-9(7(13)5-12)6-3-1-2-4-8(6)14-10/h1-4,7,14H,5,12-13H2/t7-/m0/s1. The molecule has 1 aromatic carbocycles. The highest BCUT2D eigenvalue weighted by atomic mass is 35.5. The van der Waals surface area contributed by atoms with Crippen LogP contribution in [0, 0.1) is 0 Å². The first kappa shape index (κ1) is 9.52. The molecule has 0 bridgehead atoms. The van der Waals surface area contributed by atoms with Crippen LogP contribution in [-0.4, -0.2) is 11.5 Å². The first-order valence-electron chi connectivity index (χ1n) is 4.45. The maximum absolute atomic E-state index is 6.05. The maximum atomic E-state index is 6.05. The van der Waals surface area contributed by atoms with Crippen LogP contribution in [0.5, 0.6) is 0 Å². The van der Waals surface area contributed by atoms with E-state index in [1.54, 1.807) is 0 Å². The van der Waals surface area contributed by atoms with Gasteiger partial charge in [0.15, 0.2) is 0 Å². The molecule has 0 fully saturated rings. The third-order valence-corrected chi connectivity index (χ3v) is 2.62. The van der Waals surface area contributed by atoms with E-state index in [0.717, 1.165) is 16.5 Å². The zero-order valence-corrected chi connectivity index (χ0v) is 8.38. The van der Waals surface area contributed by atoms with Gasteiger partial charge in [0.1, 0.15) is 5.15 Å². The molecule has 0 radical (unpaired) electrons. The fourth-order valence-corrected chi connectivity index (χ4v) is 1.95. The van der Waals surface area contributed by atoms with Gasteiger partial charge in [0.25, 0.3) is 0 Å². The van der Waals surface area contributed by atoms with Crippen LogP contribution in [0.4, 0.5) is 0 Å². The second kappa shape index (κ2) is 3.61. The van der Waals surface area contributed by atoms with Crippen molar-refractivity contribution < 1.29 is 0 Å². The number of benzene rings is 1. The van der Waals surface area contributed by atoms with E-state index in [1.807, 2.05) is 24.3 Å². The average molecular weight is 210 g/mol. The minimum atomic E-state index is -0.210. The Labute approximate surface area is 87.0 Å². The first-order chi connectivity index (χ1) is 6.74. The molecule has 0 saturated heterocycles. The van der Waals surface area contributed by atoms with Crippen molar-refractivity contribution in [2.24, 2.45) is 11.5 Å². The van der Waals surface area contributed by atoms with E-state index in [2.05, 4.69) is 4.98 Å². The van der Waals surface area contributed by atoms with Crippen molar-refractivity contribution in [2.45, 2.75) is 6.04 Å². The topological polar surface area (TPSA) is 67.8 Å². The van der Waals surface area contributed by atoms with Crippen LogP contribution in [-0.2, 0) is 0 Å². The minimum Gasteiger partial charge on any atom is -0.345 e. The van der Waals surface area contributed by atoms with Crippen LogP contribution in [0.3, 0.4) is 0 Å². The van der Waals surface area contributed by atoms with Gasteiger partial charge < -0.3 is 16.5 Å². The van der Waals surface area contributed by atoms with Gasteiger partial charge in [0.2, 0.25) is 0 Å². The predicted molar refractivity (Wildman–Crippen MR) is 59.3 cm³/mol. The average Bonchev–Trinajstić information content (AvgIpc) is 2.53. The lowest BCUT2D eigenvalue weighted by Crippen LogP contribution is -2.20. The van der Waals surface area contributed by atoms with Crippen LogP contribution in [0.15, 0.2) is 24.3 Å². The highest BCUT2D eigenvalue weighted by Gasteiger charge is 2.14. The predicted octanol–water partition coefficient (Wildman–Crippen LogP) is 1.78. The molecule has 1 atom stereocenters. The number of aromatic nitrogens is 1. The second-order valence-corrected chi connectivity index (χ2v) is 3.62. The highest BCUT2D eigenvalue weighted by Crippen LogP contribution is 2.29. The smallest absolute Gasteiger partial charge is 0.112 e. The molecule has 4 heteroatoms. The number of H-pyrrole nitrogens is 1. The third-order valence-electron chi connectivity index (χ3n) is 2.32. The summed E-state index contributed by atoms with van der Waals surface area (Å²) in [6.45, 7) is 0.390. The number of hydrogen-bond acceptors (Lipinski definition) is 2. The lowest BCUT2D eigenvalue weighted by molar-refractivity contribution is 0.743. The normalized spacial score (nSPS) is 13.4. The molecule has 3 nitrogen and oxygen atoms in total. The molecular formula is C10H12ClN3. The number of nitrogens with one attached hydrogen (secondary N) is 1. The first-order valence-corrected chi connectivity index (χ1v) is 4.83. The Kier molecular flexibility index (Phi) is 2.46. The van der Waals surface area contributed by atoms with E-state index in [-0.39, 0.29) is 6.04 Å². The molecule has 0 amide bonds. The van der Waals surface area contributed by atoms with Crippen molar-refractivity contribution in [2.75, 3.05) is 6.54 Å². The van der Waals surface area contributed by atoms with Crippen molar-refractivity contribution >= 4 is 22.5 Å². The largest absolute Gasteiger partial charge is 0.345 e. The van der Waals surface area contributed by atoms with Crippen LogP contribution in [0.1, 0.15) is 11.6 Å². The van der Waals surface area contributed by atoms with E-state index in [0.29, 0.717) is 11.7 Å². The van der Waals surface area contributed by atoms with Crippen LogP contribution < -0.4 is 11.5 Å². The Morgan fingerprint density at radius 1 is 1.36 bits per heavy atom. The summed E-state index contributed by atoms with van der Waals surface area (Å²) in [5, 5.41) is 1.64. The third kappa shape index (κ3) is 1.39. The molecule has 0 aliphatic rings. The van der Waals surface area contributed by atoms with Crippen LogP contribution in [0.25, 0.3) is 10.9 Å². The van der Waals surface area contributed by atoms with Gasteiger partial charge in [-0.25, -0.2) is 0 Å². The SMILES string of the molecule is NC[C@H](N)c1c(Cl)[nH]c2ccccc12. The van der Waals surface area contributed by atoms with Crippen LogP contribution in [0.2, 0.25) is 5.15 Å². The zero-order chi connectivity index (χ0) is 10.1. The maximum Gasteiger partial charge on any atom is 0.112 e.